The van der Waals surface area contributed by atoms with Crippen LogP contribution >= 0.6 is 0 Å². The first kappa shape index (κ1) is 33.3. The lowest BCUT2D eigenvalue weighted by molar-refractivity contribution is -0.156. The Bertz CT molecular complexity index is 1320. The minimum atomic E-state index is -0.886. The molecule has 44 heavy (non-hydrogen) atoms. The Kier molecular flexibility index (Phi) is 10.9. The molecule has 0 spiro atoms. The number of anilines is 1. The summed E-state index contributed by atoms with van der Waals surface area (Å²) in [5.74, 6) is -0.569. The molecule has 3 heterocycles. The van der Waals surface area contributed by atoms with E-state index >= 15 is 0 Å². The van der Waals surface area contributed by atoms with Crippen LogP contribution in [0, 0.1) is 11.8 Å². The van der Waals surface area contributed by atoms with E-state index in [1.807, 2.05) is 58.1 Å². The highest BCUT2D eigenvalue weighted by Crippen LogP contribution is 2.46. The Balaban J connectivity index is 1.63. The average Bonchev–Trinajstić information content (AvgIpc) is 3.31. The van der Waals surface area contributed by atoms with Gasteiger partial charge in [0.15, 0.2) is 0 Å². The Labute approximate surface area is 259 Å². The molecule has 3 aliphatic heterocycles. The highest BCUT2D eigenvalue weighted by molar-refractivity contribution is 5.99. The third kappa shape index (κ3) is 7.53. The number of aryl methyl sites for hydroxylation is 1. The van der Waals surface area contributed by atoms with Crippen LogP contribution < -0.4 is 15.0 Å². The van der Waals surface area contributed by atoms with E-state index in [0.717, 1.165) is 11.1 Å². The topological polar surface area (TPSA) is 135 Å². The van der Waals surface area contributed by atoms with Gasteiger partial charge in [0, 0.05) is 37.5 Å². The fourth-order valence-electron chi connectivity index (χ4n) is 6.13. The zero-order chi connectivity index (χ0) is 32.1. The SMILES string of the molecule is COC1CC(=O)N2c3cc(O)cc4c3OC(C=CC=CCC(OC(=O)C(C)NC(=O)CC(C)C)C(C)C(O)C(C)=CCC4)C12. The summed E-state index contributed by atoms with van der Waals surface area (Å²) in [6.45, 7) is 9.13. The number of hydrogen-bond acceptors (Lipinski definition) is 8. The summed E-state index contributed by atoms with van der Waals surface area (Å²) in [5.41, 5.74) is 2.00. The summed E-state index contributed by atoms with van der Waals surface area (Å²) in [6.07, 6.45) is 8.77. The second-order valence-electron chi connectivity index (χ2n) is 12.5. The van der Waals surface area contributed by atoms with Crippen molar-refractivity contribution in [2.45, 2.75) is 103 Å². The van der Waals surface area contributed by atoms with E-state index in [0.29, 0.717) is 37.1 Å². The molecule has 1 fully saturated rings. The number of aromatic hydroxyl groups is 1. The maximum absolute atomic E-state index is 13.1. The van der Waals surface area contributed by atoms with Crippen LogP contribution in [0.1, 0.15) is 65.9 Å². The van der Waals surface area contributed by atoms with Crippen molar-refractivity contribution < 1.29 is 38.8 Å². The molecular weight excluding hydrogens is 564 g/mol. The van der Waals surface area contributed by atoms with Gasteiger partial charge in [0.25, 0.3) is 0 Å². The molecule has 2 bridgehead atoms. The van der Waals surface area contributed by atoms with Gasteiger partial charge in [-0.15, -0.1) is 0 Å². The standard InChI is InChI=1S/C34H46N2O8/c1-19(2)15-29(38)35-22(5)34(41)44-26-13-8-7-9-14-27-31-28(42-6)18-30(39)36(31)25-17-24(37)16-23(33(25)43-27)12-10-11-20(3)32(40)21(26)4/h7-9,11,14,16-17,19,21-22,26-28,31-32,37,40H,10,12-13,15,18H2,1-6H3,(H,35,38). The monoisotopic (exact) mass is 610 g/mol. The summed E-state index contributed by atoms with van der Waals surface area (Å²) in [4.78, 5) is 40.1. The van der Waals surface area contributed by atoms with E-state index in [9.17, 15) is 24.6 Å². The highest BCUT2D eigenvalue weighted by Gasteiger charge is 2.49. The molecule has 4 rings (SSSR count). The first-order chi connectivity index (χ1) is 20.9. The summed E-state index contributed by atoms with van der Waals surface area (Å²) < 4.78 is 18.0. The Morgan fingerprint density at radius 1 is 1.18 bits per heavy atom. The molecule has 1 saturated heterocycles. The van der Waals surface area contributed by atoms with E-state index in [2.05, 4.69) is 5.32 Å². The number of benzene rings is 1. The molecule has 0 aliphatic carbocycles. The zero-order valence-electron chi connectivity index (χ0n) is 26.5. The maximum atomic E-state index is 13.1. The van der Waals surface area contributed by atoms with Crippen LogP contribution in [0.3, 0.4) is 0 Å². The number of phenols is 1. The molecule has 0 radical (unpaired) electrons. The molecule has 240 valence electrons. The van der Waals surface area contributed by atoms with E-state index in [1.54, 1.807) is 31.1 Å². The largest absolute Gasteiger partial charge is 0.508 e. The van der Waals surface area contributed by atoms with Crippen molar-refractivity contribution >= 4 is 23.5 Å². The van der Waals surface area contributed by atoms with Gasteiger partial charge < -0.3 is 29.7 Å². The van der Waals surface area contributed by atoms with Crippen LogP contribution in [-0.2, 0) is 30.3 Å². The minimum Gasteiger partial charge on any atom is -0.508 e. The lowest BCUT2D eigenvalue weighted by Crippen LogP contribution is -2.51. The predicted octanol–water partition coefficient (Wildman–Crippen LogP) is 4.13. The Hall–Kier alpha value is -3.63. The second kappa shape index (κ2) is 14.4. The molecule has 7 atom stereocenters. The number of hydrogen-bond donors (Lipinski definition) is 3. The maximum Gasteiger partial charge on any atom is 0.328 e. The predicted molar refractivity (Wildman–Crippen MR) is 166 cm³/mol. The van der Waals surface area contributed by atoms with Crippen molar-refractivity contribution in [1.29, 1.82) is 0 Å². The van der Waals surface area contributed by atoms with Crippen molar-refractivity contribution in [3.63, 3.8) is 0 Å². The molecule has 7 unspecified atom stereocenters. The fraction of sp³-hybridized carbons (Fsp3) is 0.559. The molecule has 10 nitrogen and oxygen atoms in total. The number of rotatable bonds is 6. The van der Waals surface area contributed by atoms with Crippen molar-refractivity contribution in [3.05, 3.63) is 53.6 Å². The van der Waals surface area contributed by atoms with Gasteiger partial charge in [-0.2, -0.15) is 0 Å². The molecular formula is C34H46N2O8. The van der Waals surface area contributed by atoms with Gasteiger partial charge in [0.2, 0.25) is 11.8 Å². The number of amides is 2. The third-order valence-corrected chi connectivity index (χ3v) is 8.55. The van der Waals surface area contributed by atoms with Gasteiger partial charge in [-0.25, -0.2) is 4.79 Å². The van der Waals surface area contributed by atoms with Gasteiger partial charge >= 0.3 is 5.97 Å². The van der Waals surface area contributed by atoms with Crippen LogP contribution in [0.5, 0.6) is 11.5 Å². The Morgan fingerprint density at radius 3 is 2.64 bits per heavy atom. The Morgan fingerprint density at radius 2 is 1.93 bits per heavy atom. The molecule has 3 N–H and O–H groups in total. The summed E-state index contributed by atoms with van der Waals surface area (Å²) >= 11 is 0. The normalized spacial score (nSPS) is 27.8. The van der Waals surface area contributed by atoms with Crippen LogP contribution in [0.2, 0.25) is 0 Å². The van der Waals surface area contributed by atoms with Crippen molar-refractivity contribution in [3.8, 4) is 11.5 Å². The molecule has 1 aromatic carbocycles. The number of nitrogens with one attached hydrogen (secondary N) is 1. The fourth-order valence-corrected chi connectivity index (χ4v) is 6.13. The number of carbonyl (C=O) groups excluding carboxylic acids is 3. The number of methoxy groups -OCH3 is 1. The molecule has 2 amide bonds. The van der Waals surface area contributed by atoms with Gasteiger partial charge in [-0.05, 0) is 50.3 Å². The number of ether oxygens (including phenoxy) is 3. The molecule has 10 heteroatoms. The van der Waals surface area contributed by atoms with Crippen LogP contribution in [0.25, 0.3) is 0 Å². The van der Waals surface area contributed by atoms with Crippen molar-refractivity contribution in [2.75, 3.05) is 12.0 Å². The highest BCUT2D eigenvalue weighted by atomic mass is 16.5. The van der Waals surface area contributed by atoms with E-state index in [4.69, 9.17) is 14.2 Å². The first-order valence-corrected chi connectivity index (χ1v) is 15.5. The minimum absolute atomic E-state index is 0.0368. The third-order valence-electron chi connectivity index (χ3n) is 8.55. The number of aliphatic hydroxyl groups excluding tert-OH is 1. The van der Waals surface area contributed by atoms with Gasteiger partial charge in [-0.3, -0.25) is 14.5 Å². The number of esters is 1. The van der Waals surface area contributed by atoms with Gasteiger partial charge in [0.1, 0.15) is 35.8 Å². The number of aliphatic hydroxyl groups is 1. The molecule has 0 saturated carbocycles. The summed E-state index contributed by atoms with van der Waals surface area (Å²) in [5, 5.41) is 24.5. The second-order valence-corrected chi connectivity index (χ2v) is 12.5. The van der Waals surface area contributed by atoms with Crippen LogP contribution in [0.4, 0.5) is 5.69 Å². The van der Waals surface area contributed by atoms with Crippen LogP contribution in [-0.4, -0.2) is 71.6 Å². The van der Waals surface area contributed by atoms with E-state index in [1.165, 1.54) is 0 Å². The quantitative estimate of drug-likeness (QED) is 0.323. The average molecular weight is 611 g/mol. The van der Waals surface area contributed by atoms with Gasteiger partial charge in [-0.1, -0.05) is 45.1 Å². The molecule has 3 aliphatic rings. The number of fused-ring (bicyclic) bond motifs is 4. The lowest BCUT2D eigenvalue weighted by Gasteiger charge is -2.39. The lowest BCUT2D eigenvalue weighted by atomic mass is 9.90. The van der Waals surface area contributed by atoms with Crippen LogP contribution in [0.15, 0.2) is 48.1 Å². The van der Waals surface area contributed by atoms with E-state index in [-0.39, 0.29) is 36.0 Å². The summed E-state index contributed by atoms with van der Waals surface area (Å²) in [6, 6.07) is 1.97. The van der Waals surface area contributed by atoms with Crippen molar-refractivity contribution in [2.24, 2.45) is 11.8 Å². The number of allylic oxidation sites excluding steroid dienone is 3. The number of phenolic OH excluding ortho intramolecular Hbond substituents is 1. The smallest absolute Gasteiger partial charge is 0.328 e. The number of nitrogens with zero attached hydrogens (tertiary/aromatic N) is 1. The molecule has 1 aromatic rings. The van der Waals surface area contributed by atoms with Gasteiger partial charge in [0.05, 0.1) is 24.3 Å². The number of carbonyl (C=O) groups is 3. The first-order valence-electron chi connectivity index (χ1n) is 15.5. The molecule has 0 aromatic heterocycles. The summed E-state index contributed by atoms with van der Waals surface area (Å²) in [7, 11) is 1.58. The van der Waals surface area contributed by atoms with Crippen molar-refractivity contribution in [1.82, 2.24) is 5.32 Å². The zero-order valence-corrected chi connectivity index (χ0v) is 26.5. The van der Waals surface area contributed by atoms with E-state index < -0.39 is 42.3 Å².